The van der Waals surface area contributed by atoms with Crippen LogP contribution in [0.1, 0.15) is 75.6 Å². The van der Waals surface area contributed by atoms with E-state index in [1.54, 1.807) is 18.5 Å². The predicted octanol–water partition coefficient (Wildman–Crippen LogP) is 4.29. The SMILES string of the molecule is C1CCOC1.COC(=O)C1CCC(C(=O)Cc2ccncn2)CC1.COC(=O)C1CCC(C(=O)OC)CC1.Cc1ccncn1. The highest BCUT2D eigenvalue weighted by Gasteiger charge is 2.31. The fraction of sp³-hybridized carbons (Fsp3) is 0.636. The Labute approximate surface area is 266 Å². The molecular formula is C33H48N4O8. The van der Waals surface area contributed by atoms with Gasteiger partial charge in [-0.05, 0) is 83.3 Å². The number of carbonyl (C=O) groups is 4. The number of esters is 3. The number of aryl methyl sites for hydroxylation is 1. The third-order valence-electron chi connectivity index (χ3n) is 8.07. The molecular weight excluding hydrogens is 580 g/mol. The van der Waals surface area contributed by atoms with Gasteiger partial charge in [0, 0.05) is 43.6 Å². The van der Waals surface area contributed by atoms with Crippen LogP contribution in [0.4, 0.5) is 0 Å². The maximum absolute atomic E-state index is 12.1. The molecule has 0 N–H and O–H groups in total. The number of hydrogen-bond donors (Lipinski definition) is 0. The molecule has 12 heteroatoms. The van der Waals surface area contributed by atoms with E-state index in [4.69, 9.17) is 9.47 Å². The predicted molar refractivity (Wildman–Crippen MR) is 165 cm³/mol. The van der Waals surface area contributed by atoms with E-state index < -0.39 is 0 Å². The lowest BCUT2D eigenvalue weighted by Gasteiger charge is -2.25. The van der Waals surface area contributed by atoms with E-state index in [2.05, 4.69) is 29.4 Å². The minimum atomic E-state index is -0.159. The van der Waals surface area contributed by atoms with Crippen molar-refractivity contribution in [3.63, 3.8) is 0 Å². The summed E-state index contributed by atoms with van der Waals surface area (Å²) < 4.78 is 19.0. The highest BCUT2D eigenvalue weighted by atomic mass is 16.5. The van der Waals surface area contributed by atoms with Gasteiger partial charge in [0.15, 0.2) is 0 Å². The Morgan fingerprint density at radius 3 is 1.38 bits per heavy atom. The molecule has 2 saturated carbocycles. The van der Waals surface area contributed by atoms with Crippen molar-refractivity contribution in [3.05, 3.63) is 48.6 Å². The lowest BCUT2D eigenvalue weighted by atomic mass is 9.79. The van der Waals surface area contributed by atoms with Crippen LogP contribution in [0.15, 0.2) is 37.2 Å². The molecule has 2 aliphatic carbocycles. The van der Waals surface area contributed by atoms with E-state index in [0.717, 1.165) is 76.0 Å². The van der Waals surface area contributed by atoms with Crippen molar-refractivity contribution in [2.75, 3.05) is 34.5 Å². The summed E-state index contributed by atoms with van der Waals surface area (Å²) in [4.78, 5) is 61.4. The zero-order chi connectivity index (χ0) is 32.9. The second-order valence-corrected chi connectivity index (χ2v) is 11.2. The fourth-order valence-corrected chi connectivity index (χ4v) is 5.33. The first-order valence-electron chi connectivity index (χ1n) is 15.6. The zero-order valence-corrected chi connectivity index (χ0v) is 27.0. The zero-order valence-electron chi connectivity index (χ0n) is 27.0. The molecule has 3 fully saturated rings. The number of Topliss-reactive ketones (excluding diaryl/α,β-unsaturated/α-hetero) is 1. The van der Waals surface area contributed by atoms with E-state index in [1.165, 1.54) is 46.8 Å². The van der Waals surface area contributed by atoms with E-state index in [9.17, 15) is 19.2 Å². The number of ether oxygens (including phenoxy) is 4. The second-order valence-electron chi connectivity index (χ2n) is 11.2. The van der Waals surface area contributed by atoms with Gasteiger partial charge in [0.25, 0.3) is 0 Å². The number of ketones is 1. The summed E-state index contributed by atoms with van der Waals surface area (Å²) >= 11 is 0. The van der Waals surface area contributed by atoms with Crippen molar-refractivity contribution in [2.24, 2.45) is 23.7 Å². The summed E-state index contributed by atoms with van der Waals surface area (Å²) in [5, 5.41) is 0. The van der Waals surface area contributed by atoms with Gasteiger partial charge in [0.1, 0.15) is 18.4 Å². The van der Waals surface area contributed by atoms with Crippen LogP contribution in [0.25, 0.3) is 0 Å². The molecule has 12 nitrogen and oxygen atoms in total. The Morgan fingerprint density at radius 2 is 1.09 bits per heavy atom. The van der Waals surface area contributed by atoms with Gasteiger partial charge in [-0.2, -0.15) is 0 Å². The molecule has 5 rings (SSSR count). The molecule has 0 aromatic carbocycles. The van der Waals surface area contributed by atoms with Crippen LogP contribution in [0.5, 0.6) is 0 Å². The highest BCUT2D eigenvalue weighted by molar-refractivity contribution is 5.83. The monoisotopic (exact) mass is 628 g/mol. The van der Waals surface area contributed by atoms with Crippen LogP contribution in [-0.4, -0.2) is 78.2 Å². The molecule has 0 spiro atoms. The molecule has 0 radical (unpaired) electrons. The largest absolute Gasteiger partial charge is 0.469 e. The number of carbonyl (C=O) groups excluding carboxylic acids is 4. The van der Waals surface area contributed by atoms with Crippen LogP contribution >= 0.6 is 0 Å². The summed E-state index contributed by atoms with van der Waals surface area (Å²) in [6, 6.07) is 3.62. The Kier molecular flexibility index (Phi) is 18.1. The van der Waals surface area contributed by atoms with Gasteiger partial charge >= 0.3 is 17.9 Å². The minimum Gasteiger partial charge on any atom is -0.469 e. The molecule has 0 bridgehead atoms. The first-order valence-corrected chi connectivity index (χ1v) is 15.6. The van der Waals surface area contributed by atoms with Gasteiger partial charge in [0.2, 0.25) is 0 Å². The molecule has 0 atom stereocenters. The van der Waals surface area contributed by atoms with Gasteiger partial charge in [-0.25, -0.2) is 19.9 Å². The van der Waals surface area contributed by atoms with Crippen molar-refractivity contribution in [3.8, 4) is 0 Å². The van der Waals surface area contributed by atoms with Gasteiger partial charge in [-0.1, -0.05) is 0 Å². The number of rotatable bonds is 6. The maximum Gasteiger partial charge on any atom is 0.308 e. The third-order valence-corrected chi connectivity index (χ3v) is 8.07. The van der Waals surface area contributed by atoms with Crippen LogP contribution in [0.2, 0.25) is 0 Å². The Balaban J connectivity index is 0.000000235. The molecule has 0 unspecified atom stereocenters. The van der Waals surface area contributed by atoms with Crippen molar-refractivity contribution in [1.29, 1.82) is 0 Å². The van der Waals surface area contributed by atoms with Gasteiger partial charge in [-0.15, -0.1) is 0 Å². The van der Waals surface area contributed by atoms with Crippen LogP contribution in [-0.2, 0) is 44.5 Å². The Bertz CT molecular complexity index is 1100. The first-order chi connectivity index (χ1) is 21.8. The number of aromatic nitrogens is 4. The van der Waals surface area contributed by atoms with E-state index in [-0.39, 0.29) is 47.4 Å². The summed E-state index contributed by atoms with van der Waals surface area (Å²) in [6.07, 6.45) is 15.2. The molecule has 3 aliphatic rings. The van der Waals surface area contributed by atoms with Crippen molar-refractivity contribution in [2.45, 2.75) is 77.6 Å². The molecule has 248 valence electrons. The summed E-state index contributed by atoms with van der Waals surface area (Å²) in [6.45, 7) is 3.93. The van der Waals surface area contributed by atoms with Crippen molar-refractivity contribution >= 4 is 23.7 Å². The summed E-state index contributed by atoms with van der Waals surface area (Å²) in [7, 11) is 4.21. The normalized spacial score (nSPS) is 22.0. The van der Waals surface area contributed by atoms with Gasteiger partial charge in [0.05, 0.1) is 44.8 Å². The third kappa shape index (κ3) is 14.7. The first kappa shape index (κ1) is 37.4. The number of hydrogen-bond acceptors (Lipinski definition) is 12. The van der Waals surface area contributed by atoms with Gasteiger partial charge < -0.3 is 18.9 Å². The molecule has 1 saturated heterocycles. The lowest BCUT2D eigenvalue weighted by molar-refractivity contribution is -0.151. The molecule has 2 aromatic rings. The molecule has 0 amide bonds. The summed E-state index contributed by atoms with van der Waals surface area (Å²) in [5.41, 5.74) is 1.77. The topological polar surface area (TPSA) is 157 Å². The summed E-state index contributed by atoms with van der Waals surface area (Å²) in [5.74, 6) is -0.295. The van der Waals surface area contributed by atoms with Crippen molar-refractivity contribution < 1.29 is 38.1 Å². The standard InChI is InChI=1S/C14H18N2O3.C10H16O4.C5H6N2.C4H8O/c1-19-14(18)11-4-2-10(3-5-11)13(17)8-12-6-7-15-9-16-12;1-13-9(11)7-3-5-8(6-4-7)10(12)14-2;1-5-2-3-6-4-7-5;1-2-4-5-3-1/h6-7,9-11H,2-5,8H2,1H3;7-8H,3-6H2,1-2H3;2-4H,1H3;1-4H2. The Hall–Kier alpha value is -3.80. The van der Waals surface area contributed by atoms with Crippen LogP contribution in [0, 0.1) is 30.6 Å². The van der Waals surface area contributed by atoms with Crippen LogP contribution < -0.4 is 0 Å². The average molecular weight is 629 g/mol. The minimum absolute atomic E-state index is 0.0269. The lowest BCUT2D eigenvalue weighted by Crippen LogP contribution is -2.27. The van der Waals surface area contributed by atoms with E-state index in [0.29, 0.717) is 6.42 Å². The van der Waals surface area contributed by atoms with Crippen LogP contribution in [0.3, 0.4) is 0 Å². The second kappa shape index (κ2) is 21.8. The van der Waals surface area contributed by atoms with E-state index in [1.807, 2.05) is 13.0 Å². The highest BCUT2D eigenvalue weighted by Crippen LogP contribution is 2.31. The molecule has 2 aromatic heterocycles. The number of methoxy groups -OCH3 is 3. The Morgan fingerprint density at radius 1 is 0.667 bits per heavy atom. The molecule has 1 aliphatic heterocycles. The number of nitrogens with zero attached hydrogens (tertiary/aromatic N) is 4. The van der Waals surface area contributed by atoms with E-state index >= 15 is 0 Å². The average Bonchev–Trinajstić information content (AvgIpc) is 3.69. The molecule has 45 heavy (non-hydrogen) atoms. The maximum atomic E-state index is 12.1. The fourth-order valence-electron chi connectivity index (χ4n) is 5.33. The smallest absolute Gasteiger partial charge is 0.308 e. The van der Waals surface area contributed by atoms with Gasteiger partial charge in [-0.3, -0.25) is 19.2 Å². The quantitative estimate of drug-likeness (QED) is 0.331. The molecule has 3 heterocycles. The van der Waals surface area contributed by atoms with Crippen molar-refractivity contribution in [1.82, 2.24) is 19.9 Å².